The van der Waals surface area contributed by atoms with Gasteiger partial charge in [-0.25, -0.2) is 0 Å². The van der Waals surface area contributed by atoms with Crippen LogP contribution in [0.2, 0.25) is 0 Å². The second kappa shape index (κ2) is 5.69. The van der Waals surface area contributed by atoms with Gasteiger partial charge in [0.1, 0.15) is 5.69 Å². The molecule has 3 N–H and O–H groups in total. The molecular formula is C13H17N3O3. The van der Waals surface area contributed by atoms with Crippen LogP contribution in [0.5, 0.6) is 0 Å². The summed E-state index contributed by atoms with van der Waals surface area (Å²) in [6.45, 7) is 0.613. The highest BCUT2D eigenvalue weighted by Gasteiger charge is 2.18. The van der Waals surface area contributed by atoms with Crippen molar-refractivity contribution >= 4 is 17.3 Å². The van der Waals surface area contributed by atoms with Gasteiger partial charge >= 0.3 is 0 Å². The summed E-state index contributed by atoms with van der Waals surface area (Å²) in [5.74, 6) is 0.434. The fraction of sp³-hybridized carbons (Fsp3) is 0.462. The molecule has 0 saturated heterocycles. The lowest BCUT2D eigenvalue weighted by molar-refractivity contribution is -0.383. The molecule has 0 aromatic heterocycles. The standard InChI is InChI=1S/C13H17N3O3/c14-11-5-4-10(8-12(11)16(18)19)13(17)15-7-6-9-2-1-3-9/h4-5,8-9H,1-3,6-7,14H2,(H,15,17). The Bertz CT molecular complexity index is 498. The largest absolute Gasteiger partial charge is 0.393 e. The van der Waals surface area contributed by atoms with Gasteiger partial charge in [-0.3, -0.25) is 14.9 Å². The summed E-state index contributed by atoms with van der Waals surface area (Å²) in [7, 11) is 0. The summed E-state index contributed by atoms with van der Waals surface area (Å²) in [4.78, 5) is 22.0. The average molecular weight is 263 g/mol. The Hall–Kier alpha value is -2.11. The highest BCUT2D eigenvalue weighted by atomic mass is 16.6. The molecule has 1 aliphatic rings. The zero-order chi connectivity index (χ0) is 13.8. The van der Waals surface area contributed by atoms with Gasteiger partial charge in [0.2, 0.25) is 0 Å². The highest BCUT2D eigenvalue weighted by Crippen LogP contribution is 2.28. The molecule has 1 aromatic carbocycles. The normalized spacial score (nSPS) is 14.7. The van der Waals surface area contributed by atoms with Crippen LogP contribution in [0.25, 0.3) is 0 Å². The fourth-order valence-corrected chi connectivity index (χ4v) is 2.12. The summed E-state index contributed by atoms with van der Waals surface area (Å²) in [5.41, 5.74) is 5.59. The van der Waals surface area contributed by atoms with Crippen molar-refractivity contribution in [3.05, 3.63) is 33.9 Å². The maximum absolute atomic E-state index is 11.8. The van der Waals surface area contributed by atoms with E-state index < -0.39 is 4.92 Å². The van der Waals surface area contributed by atoms with Crippen molar-refractivity contribution in [1.29, 1.82) is 0 Å². The quantitative estimate of drug-likeness (QED) is 0.482. The van der Waals surface area contributed by atoms with E-state index in [1.165, 1.54) is 37.5 Å². The fourth-order valence-electron chi connectivity index (χ4n) is 2.12. The van der Waals surface area contributed by atoms with Gasteiger partial charge in [-0.1, -0.05) is 19.3 Å². The number of amides is 1. The highest BCUT2D eigenvalue weighted by molar-refractivity contribution is 5.95. The van der Waals surface area contributed by atoms with Crippen LogP contribution in [0.1, 0.15) is 36.0 Å². The van der Waals surface area contributed by atoms with Crippen LogP contribution in [0.3, 0.4) is 0 Å². The molecule has 0 aliphatic heterocycles. The van der Waals surface area contributed by atoms with Gasteiger partial charge in [0.05, 0.1) is 4.92 Å². The van der Waals surface area contributed by atoms with E-state index in [0.717, 1.165) is 12.3 Å². The van der Waals surface area contributed by atoms with Gasteiger partial charge in [-0.2, -0.15) is 0 Å². The van der Waals surface area contributed by atoms with E-state index in [1.54, 1.807) is 0 Å². The minimum absolute atomic E-state index is 0.0658. The van der Waals surface area contributed by atoms with Gasteiger partial charge in [0.15, 0.2) is 0 Å². The summed E-state index contributed by atoms with van der Waals surface area (Å²) < 4.78 is 0. The second-order valence-corrected chi connectivity index (χ2v) is 4.87. The molecule has 0 unspecified atom stereocenters. The first-order valence-electron chi connectivity index (χ1n) is 6.40. The molecule has 1 aliphatic carbocycles. The van der Waals surface area contributed by atoms with Crippen LogP contribution >= 0.6 is 0 Å². The van der Waals surface area contributed by atoms with Crippen molar-refractivity contribution in [2.45, 2.75) is 25.7 Å². The van der Waals surface area contributed by atoms with Crippen molar-refractivity contribution in [1.82, 2.24) is 5.32 Å². The van der Waals surface area contributed by atoms with E-state index in [1.807, 2.05) is 0 Å². The number of nitro groups is 1. The number of nitrogens with one attached hydrogen (secondary N) is 1. The average Bonchev–Trinajstić information content (AvgIpc) is 2.32. The maximum Gasteiger partial charge on any atom is 0.292 e. The first-order valence-corrected chi connectivity index (χ1v) is 6.40. The third kappa shape index (κ3) is 3.21. The number of anilines is 1. The Kier molecular flexibility index (Phi) is 3.99. The molecule has 1 aromatic rings. The molecule has 1 amide bonds. The predicted molar refractivity (Wildman–Crippen MR) is 71.8 cm³/mol. The zero-order valence-corrected chi connectivity index (χ0v) is 10.6. The van der Waals surface area contributed by atoms with Crippen molar-refractivity contribution in [3.63, 3.8) is 0 Å². The number of hydrogen-bond donors (Lipinski definition) is 2. The minimum Gasteiger partial charge on any atom is -0.393 e. The van der Waals surface area contributed by atoms with Crippen molar-refractivity contribution < 1.29 is 9.72 Å². The molecule has 0 heterocycles. The lowest BCUT2D eigenvalue weighted by Crippen LogP contribution is -2.27. The topological polar surface area (TPSA) is 98.3 Å². The van der Waals surface area contributed by atoms with Gasteiger partial charge in [-0.05, 0) is 24.5 Å². The van der Waals surface area contributed by atoms with E-state index in [2.05, 4.69) is 5.32 Å². The van der Waals surface area contributed by atoms with Crippen molar-refractivity contribution in [2.24, 2.45) is 5.92 Å². The molecule has 2 rings (SSSR count). The van der Waals surface area contributed by atoms with Crippen molar-refractivity contribution in [3.8, 4) is 0 Å². The van der Waals surface area contributed by atoms with Gasteiger partial charge in [0, 0.05) is 18.2 Å². The molecule has 1 saturated carbocycles. The van der Waals surface area contributed by atoms with Gasteiger partial charge < -0.3 is 11.1 Å². The van der Waals surface area contributed by atoms with E-state index in [9.17, 15) is 14.9 Å². The Morgan fingerprint density at radius 3 is 2.79 bits per heavy atom. The number of nitrogens with two attached hydrogens (primary N) is 1. The van der Waals surface area contributed by atoms with Crippen molar-refractivity contribution in [2.75, 3.05) is 12.3 Å². The van der Waals surface area contributed by atoms with Crippen LogP contribution in [-0.2, 0) is 0 Å². The number of carbonyl (C=O) groups is 1. The number of hydrogen-bond acceptors (Lipinski definition) is 4. The van der Waals surface area contributed by atoms with Crippen LogP contribution < -0.4 is 11.1 Å². The number of rotatable bonds is 5. The first-order chi connectivity index (χ1) is 9.08. The number of benzene rings is 1. The molecule has 0 radical (unpaired) electrons. The third-order valence-corrected chi connectivity index (χ3v) is 3.55. The first kappa shape index (κ1) is 13.3. The Morgan fingerprint density at radius 1 is 1.47 bits per heavy atom. The maximum atomic E-state index is 11.8. The summed E-state index contributed by atoms with van der Waals surface area (Å²) in [6, 6.07) is 4.11. The van der Waals surface area contributed by atoms with E-state index in [0.29, 0.717) is 6.54 Å². The van der Waals surface area contributed by atoms with Crippen LogP contribution in [0.4, 0.5) is 11.4 Å². The lowest BCUT2D eigenvalue weighted by Gasteiger charge is -2.25. The van der Waals surface area contributed by atoms with Gasteiger partial charge in [0.25, 0.3) is 11.6 Å². The number of nitrogen functional groups attached to an aromatic ring is 1. The van der Waals surface area contributed by atoms with Crippen LogP contribution in [0.15, 0.2) is 18.2 Å². The summed E-state index contributed by atoms with van der Waals surface area (Å²) in [6.07, 6.45) is 4.73. The number of nitro benzene ring substituents is 1. The SMILES string of the molecule is Nc1ccc(C(=O)NCCC2CCC2)cc1[N+](=O)[O-]. The third-order valence-electron chi connectivity index (χ3n) is 3.55. The van der Waals surface area contributed by atoms with E-state index in [4.69, 9.17) is 5.73 Å². The predicted octanol–water partition coefficient (Wildman–Crippen LogP) is 2.10. The molecular weight excluding hydrogens is 246 g/mol. The van der Waals surface area contributed by atoms with Gasteiger partial charge in [-0.15, -0.1) is 0 Å². The van der Waals surface area contributed by atoms with Crippen LogP contribution in [-0.4, -0.2) is 17.4 Å². The molecule has 0 bridgehead atoms. The molecule has 6 heteroatoms. The van der Waals surface area contributed by atoms with E-state index >= 15 is 0 Å². The van der Waals surface area contributed by atoms with E-state index in [-0.39, 0.29) is 22.8 Å². The molecule has 0 atom stereocenters. The summed E-state index contributed by atoms with van der Waals surface area (Å²) >= 11 is 0. The number of carbonyl (C=O) groups excluding carboxylic acids is 1. The number of nitrogens with zero attached hydrogens (tertiary/aromatic N) is 1. The molecule has 0 spiro atoms. The Morgan fingerprint density at radius 2 is 2.21 bits per heavy atom. The zero-order valence-electron chi connectivity index (χ0n) is 10.6. The van der Waals surface area contributed by atoms with Crippen LogP contribution in [0, 0.1) is 16.0 Å². The summed E-state index contributed by atoms with van der Waals surface area (Å²) in [5, 5.41) is 13.5. The Labute approximate surface area is 111 Å². The molecule has 1 fully saturated rings. The second-order valence-electron chi connectivity index (χ2n) is 4.87. The monoisotopic (exact) mass is 263 g/mol. The smallest absolute Gasteiger partial charge is 0.292 e. The lowest BCUT2D eigenvalue weighted by atomic mass is 9.83. The Balaban J connectivity index is 1.94. The minimum atomic E-state index is -0.583. The molecule has 6 nitrogen and oxygen atoms in total. The molecule has 19 heavy (non-hydrogen) atoms. The molecule has 102 valence electrons.